The van der Waals surface area contributed by atoms with Gasteiger partial charge in [0.25, 0.3) is 10.2 Å². The number of carbonyl (C=O) groups is 1. The Kier molecular flexibility index (Phi) is 7.18. The van der Waals surface area contributed by atoms with Crippen LogP contribution in [0.4, 0.5) is 0 Å². The van der Waals surface area contributed by atoms with Crippen molar-refractivity contribution in [1.82, 2.24) is 13.9 Å². The van der Waals surface area contributed by atoms with Gasteiger partial charge in [-0.3, -0.25) is 4.79 Å². The maximum absolute atomic E-state index is 12.3. The zero-order chi connectivity index (χ0) is 18.3. The molecule has 0 unspecified atom stereocenters. The van der Waals surface area contributed by atoms with Crippen LogP contribution in [0.1, 0.15) is 6.42 Å². The number of nitrogens with one attached hydrogen (secondary N) is 1. The molecule has 1 aromatic carbocycles. The van der Waals surface area contributed by atoms with E-state index in [1.54, 1.807) is 0 Å². The number of benzene rings is 1. The van der Waals surface area contributed by atoms with E-state index < -0.39 is 16.3 Å². The van der Waals surface area contributed by atoms with Gasteiger partial charge in [0, 0.05) is 27.1 Å². The molecule has 0 saturated carbocycles. The molecule has 1 fully saturated rings. The molecule has 0 bridgehead atoms. The van der Waals surface area contributed by atoms with Crippen LogP contribution < -0.4 is 10.1 Å². The third-order valence-corrected chi connectivity index (χ3v) is 5.78. The van der Waals surface area contributed by atoms with Crippen molar-refractivity contribution in [2.24, 2.45) is 0 Å². The third kappa shape index (κ3) is 5.67. The van der Waals surface area contributed by atoms with E-state index >= 15 is 0 Å². The number of morpholine rings is 1. The summed E-state index contributed by atoms with van der Waals surface area (Å²) in [5.41, 5.74) is 0. The molecule has 2 rings (SSSR count). The fourth-order valence-corrected chi connectivity index (χ4v) is 3.71. The highest BCUT2D eigenvalue weighted by atomic mass is 32.2. The zero-order valence-electron chi connectivity index (χ0n) is 14.6. The summed E-state index contributed by atoms with van der Waals surface area (Å²) < 4.78 is 38.0. The Morgan fingerprint density at radius 1 is 1.36 bits per heavy atom. The van der Waals surface area contributed by atoms with Crippen molar-refractivity contribution in [3.8, 4) is 5.75 Å². The molecule has 8 nitrogen and oxygen atoms in total. The Bertz CT molecular complexity index is 651. The van der Waals surface area contributed by atoms with Crippen LogP contribution in [0, 0.1) is 0 Å². The molecule has 0 aliphatic carbocycles. The van der Waals surface area contributed by atoms with E-state index in [2.05, 4.69) is 5.32 Å². The second-order valence-electron chi connectivity index (χ2n) is 5.85. The number of hydrogen-bond donors (Lipinski definition) is 1. The van der Waals surface area contributed by atoms with Crippen molar-refractivity contribution in [1.29, 1.82) is 0 Å². The van der Waals surface area contributed by atoms with Crippen LogP contribution in [-0.4, -0.2) is 76.0 Å². The van der Waals surface area contributed by atoms with E-state index in [9.17, 15) is 13.2 Å². The molecule has 25 heavy (non-hydrogen) atoms. The van der Waals surface area contributed by atoms with E-state index in [0.29, 0.717) is 19.8 Å². The van der Waals surface area contributed by atoms with Crippen molar-refractivity contribution in [2.75, 3.05) is 47.0 Å². The fourth-order valence-electron chi connectivity index (χ4n) is 2.48. The third-order valence-electron chi connectivity index (χ3n) is 3.79. The summed E-state index contributed by atoms with van der Waals surface area (Å²) in [5, 5.41) is 2.75. The van der Waals surface area contributed by atoms with E-state index in [1.807, 2.05) is 30.3 Å². The minimum absolute atomic E-state index is 0.0540. The maximum atomic E-state index is 12.3. The molecule has 1 heterocycles. The van der Waals surface area contributed by atoms with Crippen molar-refractivity contribution in [3.63, 3.8) is 0 Å². The highest BCUT2D eigenvalue weighted by Gasteiger charge is 2.35. The molecule has 1 aromatic rings. The number of amides is 1. The van der Waals surface area contributed by atoms with Crippen LogP contribution in [0.15, 0.2) is 30.3 Å². The van der Waals surface area contributed by atoms with Crippen molar-refractivity contribution in [2.45, 2.75) is 12.5 Å². The van der Waals surface area contributed by atoms with E-state index in [4.69, 9.17) is 9.47 Å². The Hall–Kier alpha value is -1.68. The smallest absolute Gasteiger partial charge is 0.281 e. The van der Waals surface area contributed by atoms with Gasteiger partial charge in [-0.15, -0.1) is 0 Å². The number of hydrogen-bond acceptors (Lipinski definition) is 5. The summed E-state index contributed by atoms with van der Waals surface area (Å²) in [6.07, 6.45) is 0.0540. The summed E-state index contributed by atoms with van der Waals surface area (Å²) in [6.45, 7) is 1.48. The van der Waals surface area contributed by atoms with Crippen LogP contribution >= 0.6 is 0 Å². The summed E-state index contributed by atoms with van der Waals surface area (Å²) in [5.74, 6) is 0.506. The highest BCUT2D eigenvalue weighted by Crippen LogP contribution is 2.17. The number of ether oxygens (including phenoxy) is 2. The van der Waals surface area contributed by atoms with Crippen molar-refractivity contribution >= 4 is 16.1 Å². The average molecular weight is 371 g/mol. The summed E-state index contributed by atoms with van der Waals surface area (Å²) >= 11 is 0. The van der Waals surface area contributed by atoms with Crippen LogP contribution in [-0.2, 0) is 19.7 Å². The van der Waals surface area contributed by atoms with Gasteiger partial charge in [-0.2, -0.15) is 17.0 Å². The Balaban J connectivity index is 1.79. The van der Waals surface area contributed by atoms with Crippen LogP contribution in [0.25, 0.3) is 0 Å². The average Bonchev–Trinajstić information content (AvgIpc) is 2.60. The number of carbonyl (C=O) groups excluding carboxylic acids is 1. The molecule has 1 aliphatic rings. The Morgan fingerprint density at radius 3 is 2.76 bits per heavy atom. The topological polar surface area (TPSA) is 88.2 Å². The standard InChI is InChI=1S/C16H25N3O5S/c1-18(2)25(21,22)19-9-11-23-13-14(19)12-16(20)17-8-10-24-15-6-4-3-5-7-15/h3-7,14H,8-13H2,1-2H3,(H,17,20)/t14-/m1/s1. The largest absolute Gasteiger partial charge is 0.492 e. The lowest BCUT2D eigenvalue weighted by Crippen LogP contribution is -2.53. The van der Waals surface area contributed by atoms with E-state index in [0.717, 1.165) is 10.1 Å². The Morgan fingerprint density at radius 2 is 2.08 bits per heavy atom. The van der Waals surface area contributed by atoms with Crippen LogP contribution in [0.5, 0.6) is 5.75 Å². The molecule has 1 saturated heterocycles. The summed E-state index contributed by atoms with van der Waals surface area (Å²) in [7, 11) is -0.624. The number of rotatable bonds is 8. The molecule has 0 radical (unpaired) electrons. The highest BCUT2D eigenvalue weighted by molar-refractivity contribution is 7.86. The van der Waals surface area contributed by atoms with Gasteiger partial charge in [-0.05, 0) is 12.1 Å². The van der Waals surface area contributed by atoms with Crippen LogP contribution in [0.2, 0.25) is 0 Å². The van der Waals surface area contributed by atoms with Gasteiger partial charge in [0.2, 0.25) is 5.91 Å². The zero-order valence-corrected chi connectivity index (χ0v) is 15.4. The molecule has 140 valence electrons. The van der Waals surface area contributed by atoms with E-state index in [-0.39, 0.29) is 25.5 Å². The predicted molar refractivity (Wildman–Crippen MR) is 93.5 cm³/mol. The molecular formula is C16H25N3O5S. The second kappa shape index (κ2) is 9.14. The lowest BCUT2D eigenvalue weighted by Gasteiger charge is -2.35. The van der Waals surface area contributed by atoms with Gasteiger partial charge in [0.05, 0.1) is 25.8 Å². The minimum atomic E-state index is -3.57. The van der Waals surface area contributed by atoms with Gasteiger partial charge < -0.3 is 14.8 Å². The van der Waals surface area contributed by atoms with Gasteiger partial charge in [0.15, 0.2) is 0 Å². The van der Waals surface area contributed by atoms with Crippen molar-refractivity contribution in [3.05, 3.63) is 30.3 Å². The first-order valence-electron chi connectivity index (χ1n) is 8.13. The molecule has 9 heteroatoms. The predicted octanol–water partition coefficient (Wildman–Crippen LogP) is 0.0789. The second-order valence-corrected chi connectivity index (χ2v) is 7.94. The molecule has 1 amide bonds. The first-order chi connectivity index (χ1) is 11.9. The van der Waals surface area contributed by atoms with Crippen LogP contribution in [0.3, 0.4) is 0 Å². The van der Waals surface area contributed by atoms with Gasteiger partial charge >= 0.3 is 0 Å². The van der Waals surface area contributed by atoms with Gasteiger partial charge in [-0.25, -0.2) is 0 Å². The molecule has 0 aromatic heterocycles. The molecule has 1 aliphatic heterocycles. The monoisotopic (exact) mass is 371 g/mol. The fraction of sp³-hybridized carbons (Fsp3) is 0.562. The summed E-state index contributed by atoms with van der Waals surface area (Å²) in [4.78, 5) is 12.1. The Labute approximate surface area is 148 Å². The lowest BCUT2D eigenvalue weighted by atomic mass is 10.2. The first-order valence-corrected chi connectivity index (χ1v) is 9.52. The number of para-hydroxylation sites is 1. The summed E-state index contributed by atoms with van der Waals surface area (Å²) in [6, 6.07) is 8.81. The van der Waals surface area contributed by atoms with Gasteiger partial charge in [-0.1, -0.05) is 18.2 Å². The molecule has 0 spiro atoms. The maximum Gasteiger partial charge on any atom is 0.281 e. The molecule has 1 atom stereocenters. The van der Waals surface area contributed by atoms with E-state index in [1.165, 1.54) is 18.4 Å². The van der Waals surface area contributed by atoms with Gasteiger partial charge in [0.1, 0.15) is 12.4 Å². The quantitative estimate of drug-likeness (QED) is 0.654. The normalized spacial score (nSPS) is 18.9. The molecule has 1 N–H and O–H groups in total. The van der Waals surface area contributed by atoms with Crippen molar-refractivity contribution < 1.29 is 22.7 Å². The molecular weight excluding hydrogens is 346 g/mol. The first kappa shape index (κ1) is 19.6. The lowest BCUT2D eigenvalue weighted by molar-refractivity contribution is -0.123. The SMILES string of the molecule is CN(C)S(=O)(=O)N1CCOC[C@H]1CC(=O)NCCOc1ccccc1. The minimum Gasteiger partial charge on any atom is -0.492 e. The number of nitrogens with zero attached hydrogens (tertiary/aromatic N) is 2.